The monoisotopic (exact) mass is 340 g/mol. The van der Waals surface area contributed by atoms with Crippen molar-refractivity contribution in [3.63, 3.8) is 0 Å². The Balaban J connectivity index is 1.93. The van der Waals surface area contributed by atoms with Crippen molar-refractivity contribution in [3.05, 3.63) is 65.2 Å². The van der Waals surface area contributed by atoms with E-state index in [4.69, 9.17) is 4.74 Å². The molecule has 5 heteroatoms. The SMILES string of the molecule is COc1cccc(CCNC(=O)c2cccc(C(=O)NC(C)C)c2)c1. The molecule has 0 aliphatic heterocycles. The third-order valence-corrected chi connectivity index (χ3v) is 3.64. The highest BCUT2D eigenvalue weighted by Crippen LogP contribution is 2.12. The van der Waals surface area contributed by atoms with Gasteiger partial charge in [0.25, 0.3) is 11.8 Å². The maximum absolute atomic E-state index is 12.3. The third-order valence-electron chi connectivity index (χ3n) is 3.64. The summed E-state index contributed by atoms with van der Waals surface area (Å²) in [5.41, 5.74) is 2.04. The van der Waals surface area contributed by atoms with Gasteiger partial charge < -0.3 is 15.4 Å². The van der Waals surface area contributed by atoms with Crippen LogP contribution in [0, 0.1) is 0 Å². The minimum atomic E-state index is -0.193. The predicted octanol–water partition coefficient (Wildman–Crippen LogP) is 2.81. The first kappa shape index (κ1) is 18.5. The van der Waals surface area contributed by atoms with Crippen molar-refractivity contribution >= 4 is 11.8 Å². The minimum absolute atomic E-state index is 0.0489. The molecule has 2 N–H and O–H groups in total. The van der Waals surface area contributed by atoms with E-state index >= 15 is 0 Å². The van der Waals surface area contributed by atoms with Gasteiger partial charge in [-0.1, -0.05) is 18.2 Å². The van der Waals surface area contributed by atoms with Gasteiger partial charge in [0.15, 0.2) is 0 Å². The molecule has 0 fully saturated rings. The molecule has 0 heterocycles. The van der Waals surface area contributed by atoms with Crippen LogP contribution in [0.3, 0.4) is 0 Å². The first-order valence-electron chi connectivity index (χ1n) is 8.31. The average Bonchev–Trinajstić information content (AvgIpc) is 2.61. The quantitative estimate of drug-likeness (QED) is 0.814. The number of amides is 2. The first-order chi connectivity index (χ1) is 12.0. The summed E-state index contributed by atoms with van der Waals surface area (Å²) in [6, 6.07) is 14.5. The van der Waals surface area contributed by atoms with Gasteiger partial charge in [-0.3, -0.25) is 9.59 Å². The number of nitrogens with one attached hydrogen (secondary N) is 2. The summed E-state index contributed by atoms with van der Waals surface area (Å²) in [5.74, 6) is 0.427. The van der Waals surface area contributed by atoms with Crippen molar-refractivity contribution < 1.29 is 14.3 Å². The molecule has 25 heavy (non-hydrogen) atoms. The van der Waals surface area contributed by atoms with E-state index in [1.165, 1.54) is 0 Å². The Labute approximate surface area is 148 Å². The number of ether oxygens (including phenoxy) is 1. The Hall–Kier alpha value is -2.82. The van der Waals surface area contributed by atoms with Crippen molar-refractivity contribution in [1.82, 2.24) is 10.6 Å². The summed E-state index contributed by atoms with van der Waals surface area (Å²) in [6.07, 6.45) is 0.705. The highest BCUT2D eigenvalue weighted by atomic mass is 16.5. The molecule has 2 aromatic rings. The van der Waals surface area contributed by atoms with Crippen molar-refractivity contribution in [2.24, 2.45) is 0 Å². The number of methoxy groups -OCH3 is 1. The summed E-state index contributed by atoms with van der Waals surface area (Å²) in [4.78, 5) is 24.3. The van der Waals surface area contributed by atoms with Crippen LogP contribution in [0.15, 0.2) is 48.5 Å². The highest BCUT2D eigenvalue weighted by Gasteiger charge is 2.11. The van der Waals surface area contributed by atoms with Crippen LogP contribution in [0.2, 0.25) is 0 Å². The minimum Gasteiger partial charge on any atom is -0.497 e. The summed E-state index contributed by atoms with van der Waals surface area (Å²) >= 11 is 0. The zero-order valence-electron chi connectivity index (χ0n) is 14.8. The van der Waals surface area contributed by atoms with E-state index < -0.39 is 0 Å². The molecular formula is C20H24N2O3. The summed E-state index contributed by atoms with van der Waals surface area (Å²) < 4.78 is 5.19. The molecule has 0 spiro atoms. The molecule has 132 valence electrons. The van der Waals surface area contributed by atoms with E-state index in [1.807, 2.05) is 38.1 Å². The van der Waals surface area contributed by atoms with Gasteiger partial charge in [-0.2, -0.15) is 0 Å². The number of rotatable bonds is 7. The molecule has 0 bridgehead atoms. The third kappa shape index (κ3) is 5.64. The van der Waals surface area contributed by atoms with E-state index in [2.05, 4.69) is 10.6 Å². The zero-order valence-corrected chi connectivity index (χ0v) is 14.8. The summed E-state index contributed by atoms with van der Waals surface area (Å²) in [6.45, 7) is 4.30. The van der Waals surface area contributed by atoms with Crippen LogP contribution in [-0.2, 0) is 6.42 Å². The van der Waals surface area contributed by atoms with Gasteiger partial charge in [-0.05, 0) is 56.2 Å². The number of carbonyl (C=O) groups excluding carboxylic acids is 2. The molecule has 0 aliphatic carbocycles. The van der Waals surface area contributed by atoms with E-state index in [1.54, 1.807) is 31.4 Å². The van der Waals surface area contributed by atoms with Crippen molar-refractivity contribution in [2.75, 3.05) is 13.7 Å². The van der Waals surface area contributed by atoms with Crippen LogP contribution in [0.4, 0.5) is 0 Å². The lowest BCUT2D eigenvalue weighted by Gasteiger charge is -2.10. The molecule has 0 saturated carbocycles. The highest BCUT2D eigenvalue weighted by molar-refractivity contribution is 5.99. The van der Waals surface area contributed by atoms with Gasteiger partial charge in [-0.15, -0.1) is 0 Å². The molecule has 0 saturated heterocycles. The Morgan fingerprint density at radius 3 is 2.36 bits per heavy atom. The molecule has 5 nitrogen and oxygen atoms in total. The Bertz CT molecular complexity index is 741. The summed E-state index contributed by atoms with van der Waals surface area (Å²) in [7, 11) is 1.63. The van der Waals surface area contributed by atoms with Gasteiger partial charge in [0, 0.05) is 23.7 Å². The fraction of sp³-hybridized carbons (Fsp3) is 0.300. The van der Waals surface area contributed by atoms with Crippen molar-refractivity contribution in [2.45, 2.75) is 26.3 Å². The number of hydrogen-bond donors (Lipinski definition) is 2. The van der Waals surface area contributed by atoms with Crippen LogP contribution in [0.1, 0.15) is 40.1 Å². The molecule has 2 amide bonds. The molecule has 0 unspecified atom stereocenters. The van der Waals surface area contributed by atoms with Crippen LogP contribution in [0.5, 0.6) is 5.75 Å². The molecule has 2 aromatic carbocycles. The standard InChI is InChI=1S/C20H24N2O3/c1-14(2)22-20(24)17-8-5-7-16(13-17)19(23)21-11-10-15-6-4-9-18(12-15)25-3/h4-9,12-14H,10-11H2,1-3H3,(H,21,23)(H,22,24). The van der Waals surface area contributed by atoms with Crippen molar-refractivity contribution in [1.29, 1.82) is 0 Å². The predicted molar refractivity (Wildman–Crippen MR) is 98.1 cm³/mol. The lowest BCUT2D eigenvalue weighted by Crippen LogP contribution is -2.30. The lowest BCUT2D eigenvalue weighted by molar-refractivity contribution is 0.0943. The maximum atomic E-state index is 12.3. The topological polar surface area (TPSA) is 67.4 Å². The van der Waals surface area contributed by atoms with Crippen LogP contribution in [0.25, 0.3) is 0 Å². The fourth-order valence-electron chi connectivity index (χ4n) is 2.40. The van der Waals surface area contributed by atoms with E-state index in [0.29, 0.717) is 24.1 Å². The second-order valence-corrected chi connectivity index (χ2v) is 6.07. The summed E-state index contributed by atoms with van der Waals surface area (Å²) in [5, 5.41) is 5.70. The van der Waals surface area contributed by atoms with Crippen LogP contribution >= 0.6 is 0 Å². The van der Waals surface area contributed by atoms with Gasteiger partial charge in [-0.25, -0.2) is 0 Å². The van der Waals surface area contributed by atoms with E-state index in [9.17, 15) is 9.59 Å². The average molecular weight is 340 g/mol. The van der Waals surface area contributed by atoms with Crippen LogP contribution < -0.4 is 15.4 Å². The zero-order chi connectivity index (χ0) is 18.2. The first-order valence-corrected chi connectivity index (χ1v) is 8.31. The Morgan fingerprint density at radius 1 is 1.00 bits per heavy atom. The normalized spacial score (nSPS) is 10.4. The van der Waals surface area contributed by atoms with Gasteiger partial charge in [0.05, 0.1) is 7.11 Å². The van der Waals surface area contributed by atoms with E-state index in [-0.39, 0.29) is 17.9 Å². The molecule has 0 aromatic heterocycles. The maximum Gasteiger partial charge on any atom is 0.251 e. The smallest absolute Gasteiger partial charge is 0.251 e. The fourth-order valence-corrected chi connectivity index (χ4v) is 2.40. The molecule has 2 rings (SSSR count). The molecular weight excluding hydrogens is 316 g/mol. The van der Waals surface area contributed by atoms with Gasteiger partial charge in [0.1, 0.15) is 5.75 Å². The van der Waals surface area contributed by atoms with Crippen LogP contribution in [-0.4, -0.2) is 31.5 Å². The number of benzene rings is 2. The van der Waals surface area contributed by atoms with Gasteiger partial charge >= 0.3 is 0 Å². The number of hydrogen-bond acceptors (Lipinski definition) is 3. The largest absolute Gasteiger partial charge is 0.497 e. The number of carbonyl (C=O) groups is 2. The Kier molecular flexibility index (Phi) is 6.57. The molecule has 0 radical (unpaired) electrons. The van der Waals surface area contributed by atoms with E-state index in [0.717, 1.165) is 11.3 Å². The lowest BCUT2D eigenvalue weighted by atomic mass is 10.1. The molecule has 0 atom stereocenters. The second kappa shape index (κ2) is 8.87. The van der Waals surface area contributed by atoms with Crippen molar-refractivity contribution in [3.8, 4) is 5.75 Å². The Morgan fingerprint density at radius 2 is 1.68 bits per heavy atom. The van der Waals surface area contributed by atoms with Gasteiger partial charge in [0.2, 0.25) is 0 Å². The molecule has 0 aliphatic rings. The second-order valence-electron chi connectivity index (χ2n) is 6.07.